The van der Waals surface area contributed by atoms with Gasteiger partial charge in [-0.25, -0.2) is 4.98 Å². The molecule has 0 N–H and O–H groups in total. The molecule has 1 aliphatic rings. The monoisotopic (exact) mass is 340 g/mol. The van der Waals surface area contributed by atoms with Crippen molar-refractivity contribution in [2.45, 2.75) is 44.6 Å². The summed E-state index contributed by atoms with van der Waals surface area (Å²) >= 11 is 1.56. The smallest absolute Gasteiger partial charge is 0.312 e. The predicted octanol–water partition coefficient (Wildman–Crippen LogP) is 4.48. The number of hydrogen-bond donors (Lipinski definition) is 0. The number of carbonyl (C=O) groups excluding carboxylic acids is 1. The minimum Gasteiger partial charge on any atom is -0.462 e. The molecule has 0 bridgehead atoms. The highest BCUT2D eigenvalue weighted by Gasteiger charge is 2.19. The first-order chi connectivity index (χ1) is 11.8. The third-order valence-corrected chi connectivity index (χ3v) is 5.42. The molecule has 0 aliphatic heterocycles. The first-order valence-electron chi connectivity index (χ1n) is 8.50. The van der Waals surface area contributed by atoms with Gasteiger partial charge in [-0.15, -0.1) is 11.3 Å². The molecule has 0 amide bonds. The van der Waals surface area contributed by atoms with Gasteiger partial charge in [0.05, 0.1) is 12.1 Å². The molecule has 4 rings (SSSR count). The highest BCUT2D eigenvalue weighted by Crippen LogP contribution is 2.25. The van der Waals surface area contributed by atoms with Crippen molar-refractivity contribution in [3.8, 4) is 11.3 Å². The van der Waals surface area contributed by atoms with Crippen molar-refractivity contribution in [2.75, 3.05) is 0 Å². The fourth-order valence-electron chi connectivity index (χ4n) is 3.26. The number of nitrogens with zero attached hydrogens (tertiary/aromatic N) is 2. The van der Waals surface area contributed by atoms with Crippen molar-refractivity contribution < 1.29 is 9.53 Å². The molecule has 2 heterocycles. The average molecular weight is 340 g/mol. The first kappa shape index (κ1) is 15.4. The van der Waals surface area contributed by atoms with Gasteiger partial charge in [0, 0.05) is 22.8 Å². The molecule has 1 aromatic carbocycles. The summed E-state index contributed by atoms with van der Waals surface area (Å²) in [5, 5.41) is 2.00. The van der Waals surface area contributed by atoms with Crippen molar-refractivity contribution in [1.82, 2.24) is 9.38 Å². The molecular weight excluding hydrogens is 320 g/mol. The maximum absolute atomic E-state index is 12.2. The van der Waals surface area contributed by atoms with Crippen LogP contribution in [-0.2, 0) is 16.0 Å². The van der Waals surface area contributed by atoms with Crippen LogP contribution in [0.15, 0.2) is 41.9 Å². The fourth-order valence-corrected chi connectivity index (χ4v) is 4.14. The van der Waals surface area contributed by atoms with Crippen LogP contribution in [0.4, 0.5) is 0 Å². The highest BCUT2D eigenvalue weighted by molar-refractivity contribution is 7.15. The van der Waals surface area contributed by atoms with Crippen LogP contribution in [0.5, 0.6) is 0 Å². The Labute approximate surface area is 145 Å². The van der Waals surface area contributed by atoms with E-state index in [1.807, 2.05) is 46.3 Å². The quantitative estimate of drug-likeness (QED) is 0.658. The third kappa shape index (κ3) is 3.22. The van der Waals surface area contributed by atoms with Crippen molar-refractivity contribution in [3.63, 3.8) is 0 Å². The van der Waals surface area contributed by atoms with Gasteiger partial charge in [0.1, 0.15) is 6.10 Å². The van der Waals surface area contributed by atoms with E-state index in [1.165, 1.54) is 19.3 Å². The number of hydrogen-bond acceptors (Lipinski definition) is 4. The molecule has 0 atom stereocenters. The van der Waals surface area contributed by atoms with Crippen LogP contribution in [-0.4, -0.2) is 21.5 Å². The SMILES string of the molecule is O=C(Cc1csc2nc(-c3ccccc3)cn12)OC1CCCCC1. The van der Waals surface area contributed by atoms with Crippen LogP contribution in [0.1, 0.15) is 37.8 Å². The first-order valence-corrected chi connectivity index (χ1v) is 9.38. The second-order valence-electron chi connectivity index (χ2n) is 6.30. The zero-order valence-corrected chi connectivity index (χ0v) is 14.3. The number of carbonyl (C=O) groups is 1. The molecule has 0 radical (unpaired) electrons. The standard InChI is InChI=1S/C19H20N2O2S/c22-18(23-16-9-5-2-6-10-16)11-15-13-24-19-20-17(12-21(15)19)14-7-3-1-4-8-14/h1,3-4,7-8,12-13,16H,2,5-6,9-11H2. The van der Waals surface area contributed by atoms with E-state index < -0.39 is 0 Å². The van der Waals surface area contributed by atoms with E-state index in [1.54, 1.807) is 11.3 Å². The van der Waals surface area contributed by atoms with Crippen LogP contribution in [0.3, 0.4) is 0 Å². The van der Waals surface area contributed by atoms with E-state index in [0.29, 0.717) is 6.42 Å². The largest absolute Gasteiger partial charge is 0.462 e. The minimum atomic E-state index is -0.128. The zero-order chi connectivity index (χ0) is 16.4. The lowest BCUT2D eigenvalue weighted by Gasteiger charge is -2.21. The van der Waals surface area contributed by atoms with Crippen molar-refractivity contribution in [3.05, 3.63) is 47.6 Å². The summed E-state index contributed by atoms with van der Waals surface area (Å²) < 4.78 is 7.65. The van der Waals surface area contributed by atoms with E-state index in [-0.39, 0.29) is 12.1 Å². The Morgan fingerprint density at radius 2 is 2.00 bits per heavy atom. The van der Waals surface area contributed by atoms with Gasteiger partial charge in [-0.2, -0.15) is 0 Å². The molecule has 1 saturated carbocycles. The predicted molar refractivity (Wildman–Crippen MR) is 95.2 cm³/mol. The molecule has 3 aromatic rings. The lowest BCUT2D eigenvalue weighted by atomic mass is 9.98. The van der Waals surface area contributed by atoms with Crippen LogP contribution < -0.4 is 0 Å². The summed E-state index contributed by atoms with van der Waals surface area (Å²) in [6.45, 7) is 0. The average Bonchev–Trinajstić information content (AvgIpc) is 3.19. The van der Waals surface area contributed by atoms with Gasteiger partial charge < -0.3 is 4.74 Å². The number of esters is 1. The van der Waals surface area contributed by atoms with Crippen LogP contribution >= 0.6 is 11.3 Å². The minimum absolute atomic E-state index is 0.114. The lowest BCUT2D eigenvalue weighted by Crippen LogP contribution is -2.22. The maximum atomic E-state index is 12.2. The Morgan fingerprint density at radius 1 is 1.21 bits per heavy atom. The van der Waals surface area contributed by atoms with Crippen molar-refractivity contribution >= 4 is 22.3 Å². The highest BCUT2D eigenvalue weighted by atomic mass is 32.1. The summed E-state index contributed by atoms with van der Waals surface area (Å²) in [7, 11) is 0. The van der Waals surface area contributed by atoms with Gasteiger partial charge >= 0.3 is 5.97 Å². The number of thiazole rings is 1. The van der Waals surface area contributed by atoms with Gasteiger partial charge in [0.15, 0.2) is 4.96 Å². The molecule has 5 heteroatoms. The summed E-state index contributed by atoms with van der Waals surface area (Å²) in [5.74, 6) is -0.128. The van der Waals surface area contributed by atoms with Crippen LogP contribution in [0, 0.1) is 0 Å². The molecule has 1 fully saturated rings. The Morgan fingerprint density at radius 3 is 2.79 bits per heavy atom. The number of rotatable bonds is 4. The van der Waals surface area contributed by atoms with E-state index in [9.17, 15) is 4.79 Å². The summed E-state index contributed by atoms with van der Waals surface area (Å²) in [6, 6.07) is 10.1. The molecule has 0 saturated heterocycles. The number of benzene rings is 1. The Bertz CT molecular complexity index is 832. The summed E-state index contributed by atoms with van der Waals surface area (Å²) in [4.78, 5) is 17.8. The molecular formula is C19H20N2O2S. The Hall–Kier alpha value is -2.14. The third-order valence-electron chi connectivity index (χ3n) is 4.53. The van der Waals surface area contributed by atoms with Gasteiger partial charge in [0.2, 0.25) is 0 Å². The molecule has 24 heavy (non-hydrogen) atoms. The Balaban J connectivity index is 1.50. The second kappa shape index (κ2) is 6.77. The topological polar surface area (TPSA) is 43.6 Å². The van der Waals surface area contributed by atoms with E-state index in [0.717, 1.165) is 34.8 Å². The summed E-state index contributed by atoms with van der Waals surface area (Å²) in [6.07, 6.45) is 8.04. The lowest BCUT2D eigenvalue weighted by molar-refractivity contribution is -0.149. The van der Waals surface area contributed by atoms with Gasteiger partial charge in [0.25, 0.3) is 0 Å². The number of ether oxygens (including phenoxy) is 1. The van der Waals surface area contributed by atoms with E-state index >= 15 is 0 Å². The molecule has 124 valence electrons. The number of fused-ring (bicyclic) bond motifs is 1. The molecule has 2 aromatic heterocycles. The molecule has 4 nitrogen and oxygen atoms in total. The van der Waals surface area contributed by atoms with Crippen molar-refractivity contribution in [2.24, 2.45) is 0 Å². The zero-order valence-electron chi connectivity index (χ0n) is 13.5. The normalized spacial score (nSPS) is 15.7. The fraction of sp³-hybridized carbons (Fsp3) is 0.368. The molecule has 1 aliphatic carbocycles. The molecule has 0 spiro atoms. The number of imidazole rings is 1. The number of aromatic nitrogens is 2. The maximum Gasteiger partial charge on any atom is 0.312 e. The van der Waals surface area contributed by atoms with Crippen LogP contribution in [0.25, 0.3) is 16.2 Å². The van der Waals surface area contributed by atoms with Crippen LogP contribution in [0.2, 0.25) is 0 Å². The van der Waals surface area contributed by atoms with Gasteiger partial charge in [-0.05, 0) is 25.7 Å². The van der Waals surface area contributed by atoms with Crippen molar-refractivity contribution in [1.29, 1.82) is 0 Å². The Kier molecular flexibility index (Phi) is 4.34. The summed E-state index contributed by atoms with van der Waals surface area (Å²) in [5.41, 5.74) is 2.97. The van der Waals surface area contributed by atoms with Gasteiger partial charge in [-0.1, -0.05) is 36.8 Å². The van der Waals surface area contributed by atoms with Gasteiger partial charge in [-0.3, -0.25) is 9.20 Å². The molecule has 0 unspecified atom stereocenters. The van der Waals surface area contributed by atoms with E-state index in [2.05, 4.69) is 4.98 Å². The second-order valence-corrected chi connectivity index (χ2v) is 7.13. The van der Waals surface area contributed by atoms with E-state index in [4.69, 9.17) is 4.74 Å².